The Labute approximate surface area is 149 Å². The Hall–Kier alpha value is -2.10. The first-order valence-electron chi connectivity index (χ1n) is 7.46. The fourth-order valence-corrected chi connectivity index (χ4v) is 2.29. The molecule has 1 heterocycles. The van der Waals surface area contributed by atoms with E-state index in [-0.39, 0.29) is 18.6 Å². The third-order valence-corrected chi connectivity index (χ3v) is 3.90. The van der Waals surface area contributed by atoms with Crippen LogP contribution >= 0.6 is 0 Å². The predicted octanol–water partition coefficient (Wildman–Crippen LogP) is 4.10. The van der Waals surface area contributed by atoms with Gasteiger partial charge in [0.15, 0.2) is 11.5 Å². The zero-order valence-electron chi connectivity index (χ0n) is 14.1. The molecule has 5 nitrogen and oxygen atoms in total. The van der Waals surface area contributed by atoms with E-state index in [9.17, 15) is 26.6 Å². The highest BCUT2D eigenvalue weighted by Crippen LogP contribution is 2.39. The topological polar surface area (TPSA) is 61.8 Å². The number of halogens is 4. The van der Waals surface area contributed by atoms with Gasteiger partial charge in [0.25, 0.3) is 0 Å². The molecule has 1 atom stereocenters. The maximum atomic E-state index is 14.6. The maximum Gasteiger partial charge on any atom is 0.508 e. The molecule has 1 aliphatic heterocycles. The highest BCUT2D eigenvalue weighted by atomic mass is 32.2. The minimum absolute atomic E-state index is 0.0495. The van der Waals surface area contributed by atoms with Crippen molar-refractivity contribution in [2.75, 3.05) is 6.61 Å². The van der Waals surface area contributed by atoms with Gasteiger partial charge in [-0.25, -0.2) is 4.21 Å². The molecule has 1 aliphatic rings. The first kappa shape index (κ1) is 20.2. The van der Waals surface area contributed by atoms with E-state index in [0.29, 0.717) is 0 Å². The van der Waals surface area contributed by atoms with Crippen LogP contribution in [0.3, 0.4) is 0 Å². The molecule has 0 fully saturated rings. The fourth-order valence-electron chi connectivity index (χ4n) is 1.87. The third-order valence-electron chi connectivity index (χ3n) is 3.19. The summed E-state index contributed by atoms with van der Waals surface area (Å²) in [6.07, 6.45) is 1.32. The fraction of sp³-hybridized carbons (Fsp3) is 0.438. The lowest BCUT2D eigenvalue weighted by Gasteiger charge is -2.18. The first-order valence-corrected chi connectivity index (χ1v) is 8.54. The van der Waals surface area contributed by atoms with Gasteiger partial charge in [-0.3, -0.25) is 4.79 Å². The van der Waals surface area contributed by atoms with E-state index in [2.05, 4.69) is 4.18 Å². The Morgan fingerprint density at radius 3 is 2.46 bits per heavy atom. The number of rotatable bonds is 3. The van der Waals surface area contributed by atoms with Gasteiger partial charge in [0, 0.05) is 6.42 Å². The van der Waals surface area contributed by atoms with Crippen molar-refractivity contribution in [3.05, 3.63) is 29.6 Å². The Morgan fingerprint density at radius 2 is 1.88 bits per heavy atom. The van der Waals surface area contributed by atoms with Gasteiger partial charge in [0.05, 0.1) is 17.6 Å². The second kappa shape index (κ2) is 7.26. The van der Waals surface area contributed by atoms with E-state index in [1.165, 1.54) is 12.1 Å². The van der Waals surface area contributed by atoms with E-state index < -0.39 is 51.0 Å². The molecule has 26 heavy (non-hydrogen) atoms. The van der Waals surface area contributed by atoms with Crippen LogP contribution in [-0.2, 0) is 20.1 Å². The molecule has 0 aromatic heterocycles. The zero-order valence-corrected chi connectivity index (χ0v) is 14.9. The predicted molar refractivity (Wildman–Crippen MR) is 84.9 cm³/mol. The molecule has 0 aliphatic carbocycles. The van der Waals surface area contributed by atoms with Crippen LogP contribution < -0.4 is 9.47 Å². The van der Waals surface area contributed by atoms with Crippen LogP contribution in [0.4, 0.5) is 17.6 Å². The minimum Gasteiger partial charge on any atom is -0.489 e. The molecule has 0 radical (unpaired) electrons. The molecule has 10 heteroatoms. The van der Waals surface area contributed by atoms with Gasteiger partial charge in [-0.1, -0.05) is 0 Å². The Kier molecular flexibility index (Phi) is 5.64. The molecule has 0 saturated heterocycles. The number of carbonyl (C=O) groups is 1. The second-order valence-electron chi connectivity index (χ2n) is 6.36. The first-order chi connectivity index (χ1) is 11.9. The summed E-state index contributed by atoms with van der Waals surface area (Å²) in [7, 11) is 0. The Balaban J connectivity index is 2.37. The standard InChI is InChI=1S/C16H16F4O5S/c1-15(2,3)14(21)24-11-7-6-9-10(25-26(22)16(18,19)20)5-4-8-23-13(9)12(11)17/h5-7H,4,8H2,1-3H3. The van der Waals surface area contributed by atoms with Crippen molar-refractivity contribution in [2.24, 2.45) is 5.41 Å². The van der Waals surface area contributed by atoms with Crippen molar-refractivity contribution in [3.63, 3.8) is 0 Å². The lowest BCUT2D eigenvalue weighted by Crippen LogP contribution is -2.26. The molecule has 0 N–H and O–H groups in total. The second-order valence-corrected chi connectivity index (χ2v) is 7.46. The van der Waals surface area contributed by atoms with E-state index in [1.54, 1.807) is 20.8 Å². The summed E-state index contributed by atoms with van der Waals surface area (Å²) in [4.78, 5) is 11.9. The number of ether oxygens (including phenoxy) is 2. The van der Waals surface area contributed by atoms with Gasteiger partial charge in [0.2, 0.25) is 5.82 Å². The minimum atomic E-state index is -5.09. The molecule has 1 aromatic rings. The summed E-state index contributed by atoms with van der Waals surface area (Å²) in [6.45, 7) is 4.68. The van der Waals surface area contributed by atoms with Crippen LogP contribution in [0.15, 0.2) is 18.2 Å². The molecule has 0 amide bonds. The van der Waals surface area contributed by atoms with Crippen molar-refractivity contribution in [1.82, 2.24) is 0 Å². The lowest BCUT2D eigenvalue weighted by atomic mass is 9.97. The highest BCUT2D eigenvalue weighted by molar-refractivity contribution is 7.81. The maximum absolute atomic E-state index is 14.6. The van der Waals surface area contributed by atoms with Crippen molar-refractivity contribution in [3.8, 4) is 11.5 Å². The molecule has 1 aromatic carbocycles. The molecule has 0 spiro atoms. The van der Waals surface area contributed by atoms with E-state index in [1.807, 2.05) is 0 Å². The number of benzene rings is 1. The summed E-state index contributed by atoms with van der Waals surface area (Å²) in [5.41, 5.74) is -6.14. The SMILES string of the molecule is CC(C)(C)C(=O)Oc1ccc2c(c1F)OCCC=C2OS(=O)C(F)(F)F. The summed E-state index contributed by atoms with van der Waals surface area (Å²) < 4.78 is 77.9. The van der Waals surface area contributed by atoms with Gasteiger partial charge in [-0.05, 0) is 39.0 Å². The number of fused-ring (bicyclic) bond motifs is 1. The summed E-state index contributed by atoms with van der Waals surface area (Å²) in [5, 5.41) is 0. The largest absolute Gasteiger partial charge is 0.508 e. The molecular weight excluding hydrogens is 380 g/mol. The van der Waals surface area contributed by atoms with Crippen LogP contribution in [0.2, 0.25) is 0 Å². The number of hydrogen-bond donors (Lipinski definition) is 0. The lowest BCUT2D eigenvalue weighted by molar-refractivity contribution is -0.143. The van der Waals surface area contributed by atoms with E-state index >= 15 is 0 Å². The van der Waals surface area contributed by atoms with Crippen LogP contribution in [0.1, 0.15) is 32.8 Å². The van der Waals surface area contributed by atoms with Crippen molar-refractivity contribution >= 4 is 22.8 Å². The molecule has 144 valence electrons. The normalized spacial score (nSPS) is 15.9. The number of hydrogen-bond acceptors (Lipinski definition) is 5. The van der Waals surface area contributed by atoms with Gasteiger partial charge < -0.3 is 13.7 Å². The molecule has 1 unspecified atom stereocenters. The summed E-state index contributed by atoms with van der Waals surface area (Å²) >= 11 is -3.61. The zero-order chi connectivity index (χ0) is 19.7. The number of alkyl halides is 3. The quantitative estimate of drug-likeness (QED) is 0.437. The Bertz CT molecular complexity index is 765. The van der Waals surface area contributed by atoms with E-state index in [0.717, 1.165) is 6.07 Å². The molecular formula is C16H16F4O5S. The average Bonchev–Trinajstić information content (AvgIpc) is 2.71. The van der Waals surface area contributed by atoms with Gasteiger partial charge in [0.1, 0.15) is 5.76 Å². The third kappa shape index (κ3) is 4.54. The average molecular weight is 396 g/mol. The van der Waals surface area contributed by atoms with Crippen molar-refractivity contribution in [2.45, 2.75) is 32.7 Å². The molecule has 0 saturated carbocycles. The van der Waals surface area contributed by atoms with E-state index in [4.69, 9.17) is 9.47 Å². The Morgan fingerprint density at radius 1 is 1.23 bits per heavy atom. The van der Waals surface area contributed by atoms with Crippen LogP contribution in [0.5, 0.6) is 11.5 Å². The monoisotopic (exact) mass is 396 g/mol. The van der Waals surface area contributed by atoms with Crippen LogP contribution in [-0.4, -0.2) is 22.3 Å². The van der Waals surface area contributed by atoms with Crippen molar-refractivity contribution in [1.29, 1.82) is 0 Å². The molecule has 0 bridgehead atoms. The van der Waals surface area contributed by atoms with Crippen LogP contribution in [0.25, 0.3) is 5.76 Å². The smallest absolute Gasteiger partial charge is 0.489 e. The van der Waals surface area contributed by atoms with Gasteiger partial charge >= 0.3 is 22.6 Å². The van der Waals surface area contributed by atoms with Gasteiger partial charge in [-0.2, -0.15) is 17.6 Å². The van der Waals surface area contributed by atoms with Crippen molar-refractivity contribution < 1.29 is 40.2 Å². The summed E-state index contributed by atoms with van der Waals surface area (Å²) in [6, 6.07) is 2.24. The highest BCUT2D eigenvalue weighted by Gasteiger charge is 2.41. The molecule has 2 rings (SSSR count). The number of esters is 1. The van der Waals surface area contributed by atoms with Crippen LogP contribution in [0, 0.1) is 11.2 Å². The number of carbonyl (C=O) groups excluding carboxylic acids is 1. The summed E-state index contributed by atoms with van der Waals surface area (Å²) in [5.74, 6) is -3.06. The van der Waals surface area contributed by atoms with Gasteiger partial charge in [-0.15, -0.1) is 0 Å².